The second-order valence-corrected chi connectivity index (χ2v) is 10.4. The molecule has 40 heavy (non-hydrogen) atoms. The van der Waals surface area contributed by atoms with Gasteiger partial charge in [0, 0.05) is 13.0 Å². The number of nitrogens with one attached hydrogen (secondary N) is 2. The van der Waals surface area contributed by atoms with E-state index in [2.05, 4.69) is 25.3 Å². The highest BCUT2D eigenvalue weighted by molar-refractivity contribution is 5.96. The van der Waals surface area contributed by atoms with E-state index in [-0.39, 0.29) is 29.8 Å². The molecule has 0 spiro atoms. The molecule has 0 radical (unpaired) electrons. The Kier molecular flexibility index (Phi) is 12.5. The molecule has 1 aliphatic rings. The third kappa shape index (κ3) is 8.33. The maximum absolute atomic E-state index is 14.1. The van der Waals surface area contributed by atoms with Gasteiger partial charge in [0.1, 0.15) is 18.5 Å². The Labute approximate surface area is 234 Å². The second kappa shape index (κ2) is 16.1. The van der Waals surface area contributed by atoms with Crippen LogP contribution in [0.3, 0.4) is 0 Å². The van der Waals surface area contributed by atoms with Crippen LogP contribution in [0.1, 0.15) is 90.4 Å². The van der Waals surface area contributed by atoms with Crippen molar-refractivity contribution in [3.8, 4) is 5.75 Å². The van der Waals surface area contributed by atoms with Gasteiger partial charge in [0.2, 0.25) is 11.7 Å². The van der Waals surface area contributed by atoms with Gasteiger partial charge in [-0.25, -0.2) is 19.3 Å². The third-order valence-electron chi connectivity index (χ3n) is 7.30. The van der Waals surface area contributed by atoms with Crippen molar-refractivity contribution in [2.45, 2.75) is 96.4 Å². The summed E-state index contributed by atoms with van der Waals surface area (Å²) in [6.07, 6.45) is 17.6. The molecule has 11 heteroatoms. The van der Waals surface area contributed by atoms with Crippen LogP contribution in [0.5, 0.6) is 5.75 Å². The highest BCUT2D eigenvalue weighted by Gasteiger charge is 2.32. The van der Waals surface area contributed by atoms with Crippen molar-refractivity contribution in [1.82, 2.24) is 19.9 Å². The van der Waals surface area contributed by atoms with Crippen LogP contribution in [0.15, 0.2) is 24.8 Å². The number of nitrogens with zero attached hydrogens (tertiary/aromatic N) is 4. The summed E-state index contributed by atoms with van der Waals surface area (Å²) < 4.78 is 33.0. The van der Waals surface area contributed by atoms with Crippen LogP contribution in [0, 0.1) is 11.6 Å². The Balaban J connectivity index is 0.00000441. The van der Waals surface area contributed by atoms with Gasteiger partial charge in [-0.05, 0) is 31.9 Å². The number of carbonyl (C=O) groups excluding carboxylic acids is 1. The highest BCUT2D eigenvalue weighted by atomic mass is 19.2. The van der Waals surface area contributed by atoms with Gasteiger partial charge in [0.25, 0.3) is 0 Å². The molecule has 2 aromatic heterocycles. The first kappa shape index (κ1) is 31.2. The molecule has 0 saturated carbocycles. The summed E-state index contributed by atoms with van der Waals surface area (Å²) in [5.41, 5.74) is 1.87. The van der Waals surface area contributed by atoms with Crippen LogP contribution in [0.25, 0.3) is 11.2 Å². The molecule has 1 amide bonds. The molecule has 1 aromatic carbocycles. The maximum atomic E-state index is 14.1. The fourth-order valence-electron chi connectivity index (χ4n) is 5.14. The number of H-pyrrole nitrogens is 1. The van der Waals surface area contributed by atoms with Crippen LogP contribution in [-0.2, 0) is 4.79 Å². The number of carbonyl (C=O) groups is 1. The number of ether oxygens (including phenoxy) is 1. The summed E-state index contributed by atoms with van der Waals surface area (Å²) in [4.78, 5) is 30.0. The second-order valence-electron chi connectivity index (χ2n) is 10.4. The summed E-state index contributed by atoms with van der Waals surface area (Å²) in [6, 6.07) is 2.28. The highest BCUT2D eigenvalue weighted by Crippen LogP contribution is 2.37. The molecular formula is C29H42F2N6O3. The standard InChI is InChI=1S/C29H40F2N6O2.H2O/c1-21-18-39-27-23(16-15-22(30)25(27)31)37(21)24(38)14-12-10-8-6-4-2-3-5-7-9-11-13-17-32-28-26-29(34-19-33-26)36-20-35-28;/h15-16,19-21H,2-14,17-18H2,1H3,(H2,32,33,34,35,36);1H2. The number of imidazole rings is 1. The first-order valence-corrected chi connectivity index (χ1v) is 14.4. The molecule has 1 aliphatic heterocycles. The number of hydrogen-bond acceptors (Lipinski definition) is 6. The van der Waals surface area contributed by atoms with E-state index in [0.29, 0.717) is 17.8 Å². The van der Waals surface area contributed by atoms with E-state index in [1.165, 1.54) is 63.8 Å². The number of aromatic nitrogens is 4. The molecule has 9 nitrogen and oxygen atoms in total. The fraction of sp³-hybridized carbons (Fsp3) is 0.586. The predicted octanol–water partition coefficient (Wildman–Crippen LogP) is 6.10. The minimum atomic E-state index is -1.03. The number of benzene rings is 1. The van der Waals surface area contributed by atoms with Gasteiger partial charge in [-0.15, -0.1) is 0 Å². The van der Waals surface area contributed by atoms with E-state index in [4.69, 9.17) is 4.74 Å². The first-order valence-electron chi connectivity index (χ1n) is 14.4. The molecule has 3 heterocycles. The number of unbranched alkanes of at least 4 members (excludes halogenated alkanes) is 11. The van der Waals surface area contributed by atoms with E-state index >= 15 is 0 Å². The summed E-state index contributed by atoms with van der Waals surface area (Å²) in [7, 11) is 0. The van der Waals surface area contributed by atoms with Crippen molar-refractivity contribution in [1.29, 1.82) is 0 Å². The Morgan fingerprint density at radius 2 is 1.62 bits per heavy atom. The normalized spacial score (nSPS) is 14.5. The Hall–Kier alpha value is -3.34. The maximum Gasteiger partial charge on any atom is 0.227 e. The number of halogens is 2. The molecule has 4 rings (SSSR count). The van der Waals surface area contributed by atoms with E-state index in [0.717, 1.165) is 49.6 Å². The average Bonchev–Trinajstić information content (AvgIpc) is 3.42. The van der Waals surface area contributed by atoms with Crippen molar-refractivity contribution in [3.63, 3.8) is 0 Å². The number of aromatic amines is 1. The largest absolute Gasteiger partial charge is 0.486 e. The zero-order valence-electron chi connectivity index (χ0n) is 23.4. The van der Waals surface area contributed by atoms with Crippen LogP contribution < -0.4 is 15.0 Å². The van der Waals surface area contributed by atoms with E-state index in [9.17, 15) is 13.6 Å². The van der Waals surface area contributed by atoms with Gasteiger partial charge >= 0.3 is 0 Å². The summed E-state index contributed by atoms with van der Waals surface area (Å²) in [6.45, 7) is 2.92. The van der Waals surface area contributed by atoms with Gasteiger partial charge in [-0.3, -0.25) is 4.79 Å². The summed E-state index contributed by atoms with van der Waals surface area (Å²) >= 11 is 0. The van der Waals surface area contributed by atoms with Gasteiger partial charge in [0.15, 0.2) is 23.0 Å². The fourth-order valence-corrected chi connectivity index (χ4v) is 5.14. The lowest BCUT2D eigenvalue weighted by atomic mass is 10.0. The van der Waals surface area contributed by atoms with Crippen molar-refractivity contribution >= 4 is 28.6 Å². The van der Waals surface area contributed by atoms with E-state index in [1.807, 2.05) is 6.92 Å². The predicted molar refractivity (Wildman–Crippen MR) is 153 cm³/mol. The molecule has 0 bridgehead atoms. The SMILES string of the molecule is CC1COc2c(ccc(F)c2F)N1C(=O)CCCCCCCCCCCCCCNc1ncnc2nc[nH]c12.O. The van der Waals surface area contributed by atoms with E-state index in [1.54, 1.807) is 11.2 Å². The molecule has 3 aromatic rings. The van der Waals surface area contributed by atoms with Crippen molar-refractivity contribution in [2.75, 3.05) is 23.4 Å². The van der Waals surface area contributed by atoms with Gasteiger partial charge in [-0.1, -0.05) is 64.2 Å². The molecule has 4 N–H and O–H groups in total. The minimum absolute atomic E-state index is 0. The lowest BCUT2D eigenvalue weighted by Gasteiger charge is -2.35. The Morgan fingerprint density at radius 3 is 2.33 bits per heavy atom. The Bertz CT molecular complexity index is 1210. The minimum Gasteiger partial charge on any atom is -0.486 e. The third-order valence-corrected chi connectivity index (χ3v) is 7.30. The summed E-state index contributed by atoms with van der Waals surface area (Å²) in [5, 5.41) is 3.37. The van der Waals surface area contributed by atoms with Crippen molar-refractivity contribution in [3.05, 3.63) is 36.4 Å². The van der Waals surface area contributed by atoms with Crippen molar-refractivity contribution < 1.29 is 23.8 Å². The molecular weight excluding hydrogens is 518 g/mol. The first-order chi connectivity index (χ1) is 19.1. The van der Waals surface area contributed by atoms with Crippen LogP contribution in [-0.4, -0.2) is 50.5 Å². The molecule has 1 unspecified atom stereocenters. The zero-order chi connectivity index (χ0) is 27.5. The Morgan fingerprint density at radius 1 is 0.975 bits per heavy atom. The number of rotatable bonds is 16. The van der Waals surface area contributed by atoms with Crippen LogP contribution in [0.4, 0.5) is 20.3 Å². The van der Waals surface area contributed by atoms with Crippen LogP contribution in [0.2, 0.25) is 0 Å². The lowest BCUT2D eigenvalue weighted by Crippen LogP contribution is -2.45. The smallest absolute Gasteiger partial charge is 0.227 e. The average molecular weight is 561 g/mol. The quantitative estimate of drug-likeness (QED) is 0.204. The number of hydrogen-bond donors (Lipinski definition) is 2. The van der Waals surface area contributed by atoms with Gasteiger partial charge in [0.05, 0.1) is 18.1 Å². The van der Waals surface area contributed by atoms with E-state index < -0.39 is 11.6 Å². The summed E-state index contributed by atoms with van der Waals surface area (Å²) in [5.74, 6) is -1.39. The van der Waals surface area contributed by atoms with Crippen LogP contribution >= 0.6 is 0 Å². The topological polar surface area (TPSA) is 128 Å². The van der Waals surface area contributed by atoms with Crippen molar-refractivity contribution in [2.24, 2.45) is 0 Å². The number of amides is 1. The lowest BCUT2D eigenvalue weighted by molar-refractivity contribution is -0.119. The number of anilines is 2. The molecule has 0 fully saturated rings. The molecule has 220 valence electrons. The number of fused-ring (bicyclic) bond motifs is 2. The van der Waals surface area contributed by atoms with Gasteiger partial charge in [-0.2, -0.15) is 4.39 Å². The molecule has 1 atom stereocenters. The zero-order valence-corrected chi connectivity index (χ0v) is 23.4. The molecule has 0 aliphatic carbocycles. The molecule has 0 saturated heterocycles. The van der Waals surface area contributed by atoms with Gasteiger partial charge < -0.3 is 25.4 Å². The monoisotopic (exact) mass is 560 g/mol.